The minimum Gasteiger partial charge on any atom is -0.205 e. The molecule has 0 saturated carbocycles. The summed E-state index contributed by atoms with van der Waals surface area (Å²) in [5, 5.41) is 2.11. The maximum atomic E-state index is 2.17. The first-order valence-corrected chi connectivity index (χ1v) is 6.21. The Labute approximate surface area is 111 Å². The van der Waals surface area contributed by atoms with E-state index in [4.69, 9.17) is 0 Å². The molecule has 1 nitrogen and oxygen atoms in total. The lowest BCUT2D eigenvalue weighted by Crippen LogP contribution is -2.30. The Morgan fingerprint density at radius 2 is 1.65 bits per heavy atom. The van der Waals surface area contributed by atoms with Crippen LogP contribution in [0.2, 0.25) is 0 Å². The third kappa shape index (κ3) is 7.70. The van der Waals surface area contributed by atoms with Gasteiger partial charge in [-0.2, -0.15) is 0 Å². The van der Waals surface area contributed by atoms with Gasteiger partial charge in [0.15, 0.2) is 12.4 Å². The molecule has 2 rings (SSSR count). The molecule has 0 aliphatic carbocycles. The van der Waals surface area contributed by atoms with Crippen molar-refractivity contribution in [2.75, 3.05) is 0 Å². The maximum absolute atomic E-state index is 2.17. The number of nitrogens with zero attached hydrogens (tertiary/aromatic N) is 1. The van der Waals surface area contributed by atoms with Crippen LogP contribution in [0.1, 0.15) is 33.6 Å². The van der Waals surface area contributed by atoms with Crippen LogP contribution >= 0.6 is 11.3 Å². The highest BCUT2D eigenvalue weighted by Crippen LogP contribution is 2.07. The van der Waals surface area contributed by atoms with E-state index in [0.717, 1.165) is 6.54 Å². The fourth-order valence-electron chi connectivity index (χ4n) is 1.16. The van der Waals surface area contributed by atoms with Gasteiger partial charge in [0, 0.05) is 17.0 Å². The van der Waals surface area contributed by atoms with E-state index in [9.17, 15) is 0 Å². The van der Waals surface area contributed by atoms with Gasteiger partial charge in [0.05, 0.1) is 0 Å². The summed E-state index contributed by atoms with van der Waals surface area (Å²) in [5.74, 6) is 0. The van der Waals surface area contributed by atoms with E-state index < -0.39 is 0 Å². The van der Waals surface area contributed by atoms with Crippen molar-refractivity contribution in [2.24, 2.45) is 0 Å². The molecule has 0 radical (unpaired) electrons. The van der Waals surface area contributed by atoms with Gasteiger partial charge in [-0.25, -0.2) is 4.57 Å². The number of hydrogen-bond donors (Lipinski definition) is 0. The smallest absolute Gasteiger partial charge is 0.168 e. The van der Waals surface area contributed by atoms with Crippen molar-refractivity contribution in [3.05, 3.63) is 53.0 Å². The minimum absolute atomic E-state index is 0. The lowest BCUT2D eigenvalue weighted by molar-refractivity contribution is -0.693. The van der Waals surface area contributed by atoms with E-state index in [2.05, 4.69) is 48.3 Å². The number of pyridine rings is 1. The first-order chi connectivity index (χ1) is 7.36. The van der Waals surface area contributed by atoms with Crippen LogP contribution in [-0.2, 0) is 13.0 Å². The molecule has 2 heteroatoms. The molecule has 0 atom stereocenters. The van der Waals surface area contributed by atoms with Crippen molar-refractivity contribution in [3.63, 3.8) is 0 Å². The molecule has 0 aromatic carbocycles. The van der Waals surface area contributed by atoms with Crippen LogP contribution in [-0.4, -0.2) is 0 Å². The fraction of sp³-hybridized carbons (Fsp3) is 0.400. The first kappa shape index (κ1) is 18.2. The molecule has 0 aliphatic rings. The topological polar surface area (TPSA) is 3.88 Å². The molecule has 2 aromatic heterocycles. The van der Waals surface area contributed by atoms with Crippen LogP contribution in [0.5, 0.6) is 0 Å². The molecule has 96 valence electrons. The van der Waals surface area contributed by atoms with Crippen LogP contribution in [0, 0.1) is 0 Å². The molecular weight excluding hydrogens is 226 g/mol. The molecule has 0 amide bonds. The number of aryl methyl sites for hydroxylation is 2. The number of aromatic nitrogens is 1. The summed E-state index contributed by atoms with van der Waals surface area (Å²) in [6.45, 7) is 5.35. The van der Waals surface area contributed by atoms with Gasteiger partial charge in [-0.1, -0.05) is 33.9 Å². The minimum atomic E-state index is 0. The quantitative estimate of drug-likeness (QED) is 0.689. The highest BCUT2D eigenvalue weighted by Gasteiger charge is 1.86. The van der Waals surface area contributed by atoms with Crippen molar-refractivity contribution in [2.45, 2.75) is 41.7 Å². The van der Waals surface area contributed by atoms with Crippen LogP contribution in [0.15, 0.2) is 48.1 Å². The largest absolute Gasteiger partial charge is 0.205 e. The van der Waals surface area contributed by atoms with Crippen LogP contribution in [0.4, 0.5) is 0 Å². The number of rotatable bonds is 2. The molecule has 0 aliphatic heterocycles. The Hall–Kier alpha value is -1.15. The normalized spacial score (nSPS) is 8.12. The Balaban J connectivity index is 0. The SMILES string of the molecule is C.C.CC[n+]1ccccc1.CCc1cccs1. The lowest BCUT2D eigenvalue weighted by Gasteiger charge is -1.84. The molecule has 0 N–H and O–H groups in total. The maximum Gasteiger partial charge on any atom is 0.168 e. The summed E-state index contributed by atoms with van der Waals surface area (Å²) in [4.78, 5) is 1.47. The Morgan fingerprint density at radius 1 is 1.00 bits per heavy atom. The molecule has 0 fully saturated rings. The van der Waals surface area contributed by atoms with E-state index in [1.165, 1.54) is 11.3 Å². The first-order valence-electron chi connectivity index (χ1n) is 5.33. The fourth-order valence-corrected chi connectivity index (χ4v) is 1.81. The molecule has 0 saturated heterocycles. The van der Waals surface area contributed by atoms with Crippen molar-refractivity contribution in [1.82, 2.24) is 0 Å². The number of hydrogen-bond acceptors (Lipinski definition) is 1. The Kier molecular flexibility index (Phi) is 12.2. The zero-order valence-corrected chi connectivity index (χ0v) is 10.2. The van der Waals surface area contributed by atoms with Gasteiger partial charge in [-0.15, -0.1) is 11.3 Å². The van der Waals surface area contributed by atoms with Gasteiger partial charge in [0.2, 0.25) is 0 Å². The summed E-state index contributed by atoms with van der Waals surface area (Å²) in [5.41, 5.74) is 0. The average Bonchev–Trinajstić information content (AvgIpc) is 2.84. The summed E-state index contributed by atoms with van der Waals surface area (Å²) in [6.07, 6.45) is 5.29. The molecule has 17 heavy (non-hydrogen) atoms. The van der Waals surface area contributed by atoms with Gasteiger partial charge < -0.3 is 0 Å². The van der Waals surface area contributed by atoms with E-state index in [1.807, 2.05) is 29.5 Å². The molecule has 0 bridgehead atoms. The van der Waals surface area contributed by atoms with E-state index in [1.54, 1.807) is 0 Å². The van der Waals surface area contributed by atoms with Gasteiger partial charge in [0.25, 0.3) is 0 Å². The highest BCUT2D eigenvalue weighted by atomic mass is 32.1. The van der Waals surface area contributed by atoms with Crippen molar-refractivity contribution >= 4 is 11.3 Å². The lowest BCUT2D eigenvalue weighted by atomic mass is 10.4. The monoisotopic (exact) mass is 252 g/mol. The summed E-state index contributed by atoms with van der Waals surface area (Å²) in [6, 6.07) is 10.3. The predicted octanol–water partition coefficient (Wildman–Crippen LogP) is 4.58. The van der Waals surface area contributed by atoms with Gasteiger partial charge in [0.1, 0.15) is 6.54 Å². The summed E-state index contributed by atoms with van der Waals surface area (Å²) >= 11 is 1.82. The second-order valence-corrected chi connectivity index (χ2v) is 4.17. The zero-order chi connectivity index (χ0) is 10.9. The van der Waals surface area contributed by atoms with Crippen LogP contribution in [0.3, 0.4) is 0 Å². The van der Waals surface area contributed by atoms with E-state index in [0.29, 0.717) is 0 Å². The Bertz CT molecular complexity index is 340. The predicted molar refractivity (Wildman–Crippen MR) is 79.5 cm³/mol. The van der Waals surface area contributed by atoms with Gasteiger partial charge in [-0.3, -0.25) is 0 Å². The average molecular weight is 252 g/mol. The number of thiophene rings is 1. The summed E-state index contributed by atoms with van der Waals surface area (Å²) < 4.78 is 2.12. The van der Waals surface area contributed by atoms with E-state index in [-0.39, 0.29) is 14.9 Å². The Morgan fingerprint density at radius 3 is 1.94 bits per heavy atom. The standard InChI is InChI=1S/C7H10N.C6H8S.2CH4/c1-2-8-6-4-3-5-7-8;1-2-6-4-3-5-7-6;;/h3-7H,2H2,1H3;3-5H,2H2,1H3;2*1H4/q+1;;;. The summed E-state index contributed by atoms with van der Waals surface area (Å²) in [7, 11) is 0. The molecule has 0 spiro atoms. The molecule has 0 unspecified atom stereocenters. The van der Waals surface area contributed by atoms with Crippen LogP contribution in [0.25, 0.3) is 0 Å². The molecular formula is C15H26NS+. The second kappa shape index (κ2) is 11.3. The van der Waals surface area contributed by atoms with Crippen molar-refractivity contribution in [1.29, 1.82) is 0 Å². The third-order valence-corrected chi connectivity index (χ3v) is 3.09. The van der Waals surface area contributed by atoms with Crippen molar-refractivity contribution < 1.29 is 4.57 Å². The van der Waals surface area contributed by atoms with Crippen molar-refractivity contribution in [3.8, 4) is 0 Å². The third-order valence-electron chi connectivity index (χ3n) is 2.07. The van der Waals surface area contributed by atoms with E-state index >= 15 is 0 Å². The van der Waals surface area contributed by atoms with Gasteiger partial charge >= 0.3 is 0 Å². The highest BCUT2D eigenvalue weighted by molar-refractivity contribution is 7.09. The second-order valence-electron chi connectivity index (χ2n) is 3.14. The zero-order valence-electron chi connectivity index (χ0n) is 9.39. The molecule has 2 aromatic rings. The van der Waals surface area contributed by atoms with Crippen LogP contribution < -0.4 is 4.57 Å². The molecule has 2 heterocycles. The van der Waals surface area contributed by atoms with Gasteiger partial charge in [-0.05, 0) is 24.8 Å².